The molecule has 2 N–H and O–H groups in total. The fraction of sp³-hybridized carbons (Fsp3) is 0.500. The van der Waals surface area contributed by atoms with Gasteiger partial charge in [0.1, 0.15) is 0 Å². The molecule has 0 heterocycles. The van der Waals surface area contributed by atoms with Crippen LogP contribution in [-0.4, -0.2) is 17.4 Å². The number of rotatable bonds is 3. The fourth-order valence-corrected chi connectivity index (χ4v) is 2.18. The number of hydrogen-bond acceptors (Lipinski definition) is 2. The highest BCUT2D eigenvalue weighted by Gasteiger charge is 2.48. The molecule has 4 heteroatoms. The van der Waals surface area contributed by atoms with E-state index in [0.717, 1.165) is 11.3 Å². The van der Waals surface area contributed by atoms with Gasteiger partial charge in [0.25, 0.3) is 0 Å². The van der Waals surface area contributed by atoms with Gasteiger partial charge in [0, 0.05) is 11.2 Å². The van der Waals surface area contributed by atoms with Crippen molar-refractivity contribution in [1.82, 2.24) is 5.32 Å². The van der Waals surface area contributed by atoms with Crippen LogP contribution in [0.5, 0.6) is 0 Å². The van der Waals surface area contributed by atoms with Crippen molar-refractivity contribution < 1.29 is 9.59 Å². The maximum absolute atomic E-state index is 12.1. The van der Waals surface area contributed by atoms with Gasteiger partial charge >= 0.3 is 0 Å². The van der Waals surface area contributed by atoms with Crippen LogP contribution in [0.15, 0.2) is 24.3 Å². The van der Waals surface area contributed by atoms with E-state index < -0.39 is 0 Å². The SMILES string of the molecule is Cc1ccccc1NC(=O)C1CC1C(=O)NC(C)(C)C. The van der Waals surface area contributed by atoms with Gasteiger partial charge in [-0.1, -0.05) is 18.2 Å². The van der Waals surface area contributed by atoms with Gasteiger partial charge in [-0.25, -0.2) is 0 Å². The van der Waals surface area contributed by atoms with Crippen LogP contribution in [0.2, 0.25) is 0 Å². The first kappa shape index (κ1) is 14.6. The highest BCUT2D eigenvalue weighted by Crippen LogP contribution is 2.40. The lowest BCUT2D eigenvalue weighted by Gasteiger charge is -2.20. The molecule has 1 aliphatic rings. The van der Waals surface area contributed by atoms with Gasteiger partial charge < -0.3 is 10.6 Å². The second kappa shape index (κ2) is 5.27. The molecule has 0 saturated heterocycles. The van der Waals surface area contributed by atoms with Gasteiger partial charge in [-0.2, -0.15) is 0 Å². The Kier molecular flexibility index (Phi) is 3.84. The number of anilines is 1. The van der Waals surface area contributed by atoms with Crippen molar-refractivity contribution in [3.63, 3.8) is 0 Å². The van der Waals surface area contributed by atoms with Crippen molar-refractivity contribution >= 4 is 17.5 Å². The molecule has 1 aromatic rings. The minimum Gasteiger partial charge on any atom is -0.351 e. The Morgan fingerprint density at radius 1 is 1.10 bits per heavy atom. The zero-order valence-corrected chi connectivity index (χ0v) is 12.5. The zero-order valence-electron chi connectivity index (χ0n) is 12.5. The second-order valence-corrected chi connectivity index (χ2v) is 6.49. The van der Waals surface area contributed by atoms with Gasteiger partial charge in [-0.05, 0) is 45.7 Å². The third-order valence-corrected chi connectivity index (χ3v) is 3.37. The van der Waals surface area contributed by atoms with Gasteiger partial charge in [0.2, 0.25) is 11.8 Å². The summed E-state index contributed by atoms with van der Waals surface area (Å²) in [6.45, 7) is 7.77. The number of benzene rings is 1. The molecule has 0 aliphatic heterocycles. The van der Waals surface area contributed by atoms with Gasteiger partial charge in [-0.3, -0.25) is 9.59 Å². The molecule has 0 spiro atoms. The molecule has 1 aromatic carbocycles. The Labute approximate surface area is 119 Å². The summed E-state index contributed by atoms with van der Waals surface area (Å²) in [5.74, 6) is -0.467. The highest BCUT2D eigenvalue weighted by molar-refractivity contribution is 6.00. The van der Waals surface area contributed by atoms with Crippen LogP contribution < -0.4 is 10.6 Å². The smallest absolute Gasteiger partial charge is 0.228 e. The topological polar surface area (TPSA) is 58.2 Å². The summed E-state index contributed by atoms with van der Waals surface area (Å²) in [5.41, 5.74) is 1.59. The lowest BCUT2D eigenvalue weighted by atomic mass is 10.1. The van der Waals surface area contributed by atoms with E-state index in [2.05, 4.69) is 10.6 Å². The second-order valence-electron chi connectivity index (χ2n) is 6.49. The molecule has 0 bridgehead atoms. The van der Waals surface area contributed by atoms with Gasteiger partial charge in [-0.15, -0.1) is 0 Å². The average molecular weight is 274 g/mol. The summed E-state index contributed by atoms with van der Waals surface area (Å²) in [7, 11) is 0. The van der Waals surface area contributed by atoms with Gasteiger partial charge in [0.05, 0.1) is 11.8 Å². The molecule has 2 amide bonds. The first-order chi connectivity index (χ1) is 9.28. The van der Waals surface area contributed by atoms with Crippen LogP contribution in [0.25, 0.3) is 0 Å². The molecule has 20 heavy (non-hydrogen) atoms. The Bertz CT molecular complexity index is 532. The van der Waals surface area contributed by atoms with E-state index in [1.54, 1.807) is 0 Å². The van der Waals surface area contributed by atoms with Crippen molar-refractivity contribution in [3.05, 3.63) is 29.8 Å². The fourth-order valence-electron chi connectivity index (χ4n) is 2.18. The van der Waals surface area contributed by atoms with Crippen molar-refractivity contribution in [3.8, 4) is 0 Å². The summed E-state index contributed by atoms with van der Waals surface area (Å²) >= 11 is 0. The number of hydrogen-bond donors (Lipinski definition) is 2. The predicted molar refractivity (Wildman–Crippen MR) is 79.3 cm³/mol. The lowest BCUT2D eigenvalue weighted by Crippen LogP contribution is -2.42. The maximum Gasteiger partial charge on any atom is 0.228 e. The van der Waals surface area contributed by atoms with E-state index in [4.69, 9.17) is 0 Å². The van der Waals surface area contributed by atoms with Crippen LogP contribution in [0.1, 0.15) is 32.8 Å². The summed E-state index contributed by atoms with van der Waals surface area (Å²) in [4.78, 5) is 24.1. The average Bonchev–Trinajstić information content (AvgIpc) is 3.10. The van der Waals surface area contributed by atoms with E-state index in [-0.39, 0.29) is 29.2 Å². The predicted octanol–water partition coefficient (Wildman–Crippen LogP) is 2.48. The molecular weight excluding hydrogens is 252 g/mol. The molecule has 0 aromatic heterocycles. The third-order valence-electron chi connectivity index (χ3n) is 3.37. The quantitative estimate of drug-likeness (QED) is 0.889. The third kappa shape index (κ3) is 3.59. The van der Waals surface area contributed by atoms with E-state index in [0.29, 0.717) is 6.42 Å². The van der Waals surface area contributed by atoms with Crippen molar-refractivity contribution in [1.29, 1.82) is 0 Å². The summed E-state index contributed by atoms with van der Waals surface area (Å²) in [6, 6.07) is 7.65. The molecule has 2 rings (SSSR count). The normalized spacial score (nSPS) is 21.2. The summed E-state index contributed by atoms with van der Waals surface area (Å²) in [5, 5.41) is 5.82. The molecular formula is C16H22N2O2. The monoisotopic (exact) mass is 274 g/mol. The maximum atomic E-state index is 12.1. The first-order valence-corrected chi connectivity index (χ1v) is 6.96. The first-order valence-electron chi connectivity index (χ1n) is 6.96. The zero-order chi connectivity index (χ0) is 14.9. The molecule has 108 valence electrons. The van der Waals surface area contributed by atoms with Crippen LogP contribution in [0, 0.1) is 18.8 Å². The van der Waals surface area contributed by atoms with E-state index >= 15 is 0 Å². The molecule has 1 saturated carbocycles. The number of amides is 2. The standard InChI is InChI=1S/C16H22N2O2/c1-10-7-5-6-8-13(10)17-14(19)11-9-12(11)15(20)18-16(2,3)4/h5-8,11-12H,9H2,1-4H3,(H,17,19)(H,18,20). The Morgan fingerprint density at radius 2 is 1.70 bits per heavy atom. The lowest BCUT2D eigenvalue weighted by molar-refractivity contribution is -0.126. The largest absolute Gasteiger partial charge is 0.351 e. The van der Waals surface area contributed by atoms with E-state index in [1.165, 1.54) is 0 Å². The molecule has 1 fully saturated rings. The molecule has 2 unspecified atom stereocenters. The highest BCUT2D eigenvalue weighted by atomic mass is 16.2. The van der Waals surface area contributed by atoms with Crippen LogP contribution in [0.4, 0.5) is 5.69 Å². The van der Waals surface area contributed by atoms with E-state index in [1.807, 2.05) is 52.0 Å². The number of para-hydroxylation sites is 1. The molecule has 2 atom stereocenters. The van der Waals surface area contributed by atoms with Crippen LogP contribution in [0.3, 0.4) is 0 Å². The summed E-state index contributed by atoms with van der Waals surface area (Å²) < 4.78 is 0. The number of aryl methyl sites for hydroxylation is 1. The Morgan fingerprint density at radius 3 is 2.30 bits per heavy atom. The number of carbonyl (C=O) groups is 2. The Balaban J connectivity index is 1.91. The van der Waals surface area contributed by atoms with Crippen LogP contribution >= 0.6 is 0 Å². The number of nitrogens with one attached hydrogen (secondary N) is 2. The minimum atomic E-state index is -0.253. The summed E-state index contributed by atoms with van der Waals surface area (Å²) in [6.07, 6.45) is 0.639. The van der Waals surface area contributed by atoms with E-state index in [9.17, 15) is 9.59 Å². The van der Waals surface area contributed by atoms with Crippen molar-refractivity contribution in [2.75, 3.05) is 5.32 Å². The number of carbonyl (C=O) groups excluding carboxylic acids is 2. The molecule has 4 nitrogen and oxygen atoms in total. The molecule has 0 radical (unpaired) electrons. The Hall–Kier alpha value is -1.84. The van der Waals surface area contributed by atoms with Gasteiger partial charge in [0.15, 0.2) is 0 Å². The van der Waals surface area contributed by atoms with Crippen molar-refractivity contribution in [2.45, 2.75) is 39.7 Å². The van der Waals surface area contributed by atoms with Crippen molar-refractivity contribution in [2.24, 2.45) is 11.8 Å². The minimum absolute atomic E-state index is 0.0255. The van der Waals surface area contributed by atoms with Crippen LogP contribution in [-0.2, 0) is 9.59 Å². The molecule has 1 aliphatic carbocycles.